The van der Waals surface area contributed by atoms with Crippen LogP contribution in [0.25, 0.3) is 0 Å². The molecule has 0 aliphatic heterocycles. The number of H-pyrrole nitrogens is 1. The second-order valence-electron chi connectivity index (χ2n) is 3.66. The minimum absolute atomic E-state index is 0.0362. The molecular formula is C11H12N4O3S. The summed E-state index contributed by atoms with van der Waals surface area (Å²) in [6.45, 7) is 0. The summed E-state index contributed by atoms with van der Waals surface area (Å²) in [5.74, 6) is -0.526. The first kappa shape index (κ1) is 13.1. The maximum Gasteiger partial charge on any atom is 0.279 e. The average Bonchev–Trinajstić information content (AvgIpc) is 2.88. The van der Waals surface area contributed by atoms with Crippen LogP contribution in [0.15, 0.2) is 41.6 Å². The van der Waals surface area contributed by atoms with Gasteiger partial charge < -0.3 is 5.32 Å². The van der Waals surface area contributed by atoms with Gasteiger partial charge in [-0.2, -0.15) is 13.5 Å². The summed E-state index contributed by atoms with van der Waals surface area (Å²) < 4.78 is 26.6. The summed E-state index contributed by atoms with van der Waals surface area (Å²) in [6, 6.07) is 8.37. The van der Waals surface area contributed by atoms with Crippen LogP contribution in [0.2, 0.25) is 0 Å². The summed E-state index contributed by atoms with van der Waals surface area (Å²) in [5.41, 5.74) is 0.367. The molecule has 0 spiro atoms. The van der Waals surface area contributed by atoms with E-state index in [0.29, 0.717) is 5.69 Å². The molecule has 0 atom stereocenters. The monoisotopic (exact) mass is 280 g/mol. The molecule has 0 aliphatic rings. The van der Waals surface area contributed by atoms with Gasteiger partial charge in [0.15, 0.2) is 5.03 Å². The SMILES string of the molecule is CNC(=O)c1cn[nH]c1S(=O)(=O)Nc1ccccc1. The van der Waals surface area contributed by atoms with Crippen molar-refractivity contribution in [3.63, 3.8) is 0 Å². The first-order chi connectivity index (χ1) is 9.04. The number of aromatic nitrogens is 2. The summed E-state index contributed by atoms with van der Waals surface area (Å²) in [7, 11) is -2.47. The van der Waals surface area contributed by atoms with Gasteiger partial charge in [-0.05, 0) is 12.1 Å². The Kier molecular flexibility index (Phi) is 3.52. The van der Waals surface area contributed by atoms with Crippen LogP contribution in [0.3, 0.4) is 0 Å². The zero-order valence-electron chi connectivity index (χ0n) is 10.0. The first-order valence-corrected chi connectivity index (χ1v) is 6.86. The van der Waals surface area contributed by atoms with Crippen molar-refractivity contribution in [1.82, 2.24) is 15.5 Å². The second-order valence-corrected chi connectivity index (χ2v) is 5.28. The molecule has 19 heavy (non-hydrogen) atoms. The van der Waals surface area contributed by atoms with Crippen LogP contribution in [-0.2, 0) is 10.0 Å². The Balaban J connectivity index is 2.36. The number of hydrogen-bond acceptors (Lipinski definition) is 4. The third kappa shape index (κ3) is 2.74. The molecule has 2 aromatic rings. The molecular weight excluding hydrogens is 268 g/mol. The molecule has 0 aliphatic carbocycles. The summed E-state index contributed by atoms with van der Waals surface area (Å²) in [5, 5.41) is 8.00. The molecule has 100 valence electrons. The van der Waals surface area contributed by atoms with Gasteiger partial charge in [-0.15, -0.1) is 0 Å². The van der Waals surface area contributed by atoms with Crippen molar-refractivity contribution in [2.24, 2.45) is 0 Å². The quantitative estimate of drug-likeness (QED) is 0.761. The minimum Gasteiger partial charge on any atom is -0.355 e. The Morgan fingerprint density at radius 1 is 1.26 bits per heavy atom. The van der Waals surface area contributed by atoms with E-state index in [9.17, 15) is 13.2 Å². The highest BCUT2D eigenvalue weighted by Gasteiger charge is 2.24. The zero-order chi connectivity index (χ0) is 13.9. The maximum atomic E-state index is 12.1. The van der Waals surface area contributed by atoms with Gasteiger partial charge in [0.1, 0.15) is 0 Å². The van der Waals surface area contributed by atoms with Crippen molar-refractivity contribution >= 4 is 21.6 Å². The number of nitrogens with one attached hydrogen (secondary N) is 3. The molecule has 0 saturated carbocycles. The Labute approximate surface area is 110 Å². The summed E-state index contributed by atoms with van der Waals surface area (Å²) in [4.78, 5) is 11.5. The number of hydrogen-bond donors (Lipinski definition) is 3. The lowest BCUT2D eigenvalue weighted by Crippen LogP contribution is -2.22. The summed E-state index contributed by atoms with van der Waals surface area (Å²) in [6.07, 6.45) is 1.17. The molecule has 1 amide bonds. The first-order valence-electron chi connectivity index (χ1n) is 5.38. The fourth-order valence-electron chi connectivity index (χ4n) is 1.49. The standard InChI is InChI=1S/C11H12N4O3S/c1-12-10(16)9-7-13-14-11(9)19(17,18)15-8-5-3-2-4-6-8/h2-7,15H,1H3,(H,12,16)(H,13,14). The van der Waals surface area contributed by atoms with Gasteiger partial charge >= 0.3 is 0 Å². The van der Waals surface area contributed by atoms with Crippen LogP contribution >= 0.6 is 0 Å². The van der Waals surface area contributed by atoms with Gasteiger partial charge in [-0.25, -0.2) is 0 Å². The van der Waals surface area contributed by atoms with Crippen molar-refractivity contribution in [2.45, 2.75) is 5.03 Å². The highest BCUT2D eigenvalue weighted by molar-refractivity contribution is 7.92. The fourth-order valence-corrected chi connectivity index (χ4v) is 2.64. The number of nitrogens with zero attached hydrogens (tertiary/aromatic N) is 1. The molecule has 0 bridgehead atoms. The average molecular weight is 280 g/mol. The van der Waals surface area contributed by atoms with E-state index in [0.717, 1.165) is 0 Å². The van der Waals surface area contributed by atoms with Crippen molar-refractivity contribution in [1.29, 1.82) is 0 Å². The van der Waals surface area contributed by atoms with Gasteiger partial charge in [-0.1, -0.05) is 18.2 Å². The molecule has 3 N–H and O–H groups in total. The van der Waals surface area contributed by atoms with E-state index in [2.05, 4.69) is 20.2 Å². The normalized spacial score (nSPS) is 11.0. The maximum absolute atomic E-state index is 12.1. The van der Waals surface area contributed by atoms with Gasteiger partial charge in [0.25, 0.3) is 15.9 Å². The van der Waals surface area contributed by atoms with Crippen LogP contribution in [0.5, 0.6) is 0 Å². The van der Waals surface area contributed by atoms with Gasteiger partial charge in [0, 0.05) is 12.7 Å². The number of carbonyl (C=O) groups excluding carboxylic acids is 1. The highest BCUT2D eigenvalue weighted by atomic mass is 32.2. The van der Waals surface area contributed by atoms with Crippen LogP contribution in [-0.4, -0.2) is 31.6 Å². The lowest BCUT2D eigenvalue weighted by molar-refractivity contribution is 0.0960. The molecule has 0 radical (unpaired) electrons. The third-order valence-corrected chi connectivity index (χ3v) is 3.72. The molecule has 0 saturated heterocycles. The van der Waals surface area contributed by atoms with Gasteiger partial charge in [0.05, 0.1) is 11.8 Å². The van der Waals surface area contributed by atoms with Gasteiger partial charge in [-0.3, -0.25) is 14.6 Å². The van der Waals surface area contributed by atoms with Crippen LogP contribution in [0, 0.1) is 0 Å². The Morgan fingerprint density at radius 3 is 2.58 bits per heavy atom. The number of anilines is 1. The lowest BCUT2D eigenvalue weighted by Gasteiger charge is -2.07. The lowest BCUT2D eigenvalue weighted by atomic mass is 10.3. The fraction of sp³-hybridized carbons (Fsp3) is 0.0909. The molecule has 1 heterocycles. The number of carbonyl (C=O) groups is 1. The number of para-hydroxylation sites is 1. The number of benzene rings is 1. The van der Waals surface area contributed by atoms with E-state index < -0.39 is 15.9 Å². The van der Waals surface area contributed by atoms with Crippen LogP contribution in [0.1, 0.15) is 10.4 Å². The Hall–Kier alpha value is -2.35. The van der Waals surface area contributed by atoms with E-state index in [-0.39, 0.29) is 10.6 Å². The zero-order valence-corrected chi connectivity index (χ0v) is 10.9. The predicted octanol–water partition coefficient (Wildman–Crippen LogP) is 0.570. The number of amides is 1. The number of sulfonamides is 1. The molecule has 2 rings (SSSR count). The van der Waals surface area contributed by atoms with Crippen LogP contribution in [0.4, 0.5) is 5.69 Å². The highest BCUT2D eigenvalue weighted by Crippen LogP contribution is 2.16. The largest absolute Gasteiger partial charge is 0.355 e. The van der Waals surface area contributed by atoms with E-state index in [1.165, 1.54) is 13.2 Å². The number of rotatable bonds is 4. The van der Waals surface area contributed by atoms with Crippen molar-refractivity contribution < 1.29 is 13.2 Å². The number of aromatic amines is 1. The van der Waals surface area contributed by atoms with Crippen molar-refractivity contribution in [2.75, 3.05) is 11.8 Å². The Morgan fingerprint density at radius 2 is 1.95 bits per heavy atom. The van der Waals surface area contributed by atoms with E-state index in [4.69, 9.17) is 0 Å². The van der Waals surface area contributed by atoms with Crippen molar-refractivity contribution in [3.8, 4) is 0 Å². The molecule has 0 unspecified atom stereocenters. The molecule has 1 aromatic carbocycles. The van der Waals surface area contributed by atoms with E-state index in [1.54, 1.807) is 30.3 Å². The predicted molar refractivity (Wildman–Crippen MR) is 69.2 cm³/mol. The third-order valence-electron chi connectivity index (χ3n) is 2.37. The van der Waals surface area contributed by atoms with E-state index >= 15 is 0 Å². The van der Waals surface area contributed by atoms with Crippen molar-refractivity contribution in [3.05, 3.63) is 42.1 Å². The second kappa shape index (κ2) is 5.11. The molecule has 8 heteroatoms. The smallest absolute Gasteiger partial charge is 0.279 e. The van der Waals surface area contributed by atoms with Gasteiger partial charge in [0.2, 0.25) is 0 Å². The van der Waals surface area contributed by atoms with E-state index in [1.807, 2.05) is 0 Å². The molecule has 1 aromatic heterocycles. The molecule has 7 nitrogen and oxygen atoms in total. The summed E-state index contributed by atoms with van der Waals surface area (Å²) >= 11 is 0. The Bertz CT molecular complexity index is 679. The topological polar surface area (TPSA) is 104 Å². The molecule has 0 fully saturated rings. The minimum atomic E-state index is -3.88. The van der Waals surface area contributed by atoms with Crippen LogP contribution < -0.4 is 10.0 Å².